The first-order valence-corrected chi connectivity index (χ1v) is 27.0. The summed E-state index contributed by atoms with van der Waals surface area (Å²) in [4.78, 5) is 21.1. The van der Waals surface area contributed by atoms with Gasteiger partial charge in [-0.25, -0.2) is 0 Å². The third kappa shape index (κ3) is 9.01. The Hall–Kier alpha value is -7.05. The highest BCUT2D eigenvalue weighted by Gasteiger charge is 2.09. The number of nitrogens with zero attached hydrogens (tertiary/aromatic N) is 5. The van der Waals surface area contributed by atoms with E-state index >= 15 is 0 Å². The Morgan fingerprint density at radius 2 is 0.800 bits per heavy atom. The molecule has 10 aromatic heterocycles. The second-order valence-electron chi connectivity index (χ2n) is 17.2. The van der Waals surface area contributed by atoms with Crippen molar-refractivity contribution < 1.29 is 0 Å². The zero-order valence-electron chi connectivity index (χ0n) is 39.1. The second-order valence-corrected chi connectivity index (χ2v) is 22.6. The van der Waals surface area contributed by atoms with E-state index in [1.807, 2.05) is 112 Å². The molecule has 340 valence electrons. The van der Waals surface area contributed by atoms with E-state index < -0.39 is 0 Å². The zero-order valence-corrected chi connectivity index (χ0v) is 43.2. The van der Waals surface area contributed by atoms with Gasteiger partial charge in [-0.05, 0) is 118 Å². The fourth-order valence-corrected chi connectivity index (χ4v) is 14.5. The lowest BCUT2D eigenvalue weighted by Gasteiger charge is -1.94. The number of benzene rings is 5. The van der Waals surface area contributed by atoms with Gasteiger partial charge in [-0.15, -0.1) is 56.7 Å². The van der Waals surface area contributed by atoms with Crippen molar-refractivity contribution in [2.75, 3.05) is 0 Å². The van der Waals surface area contributed by atoms with Gasteiger partial charge >= 0.3 is 0 Å². The molecule has 5 aromatic carbocycles. The average Bonchev–Trinajstić information content (AvgIpc) is 4.22. The fourth-order valence-electron chi connectivity index (χ4n) is 8.82. The van der Waals surface area contributed by atoms with E-state index in [4.69, 9.17) is 0 Å². The molecule has 0 amide bonds. The maximum absolute atomic E-state index is 4.44. The summed E-state index contributed by atoms with van der Waals surface area (Å²) in [7, 11) is 0. The minimum atomic E-state index is 1.14. The summed E-state index contributed by atoms with van der Waals surface area (Å²) in [6.07, 6.45) is 17.1. The molecule has 0 radical (unpaired) electrons. The summed E-state index contributed by atoms with van der Waals surface area (Å²) < 4.78 is 13.4. The molecule has 0 N–H and O–H groups in total. The van der Waals surface area contributed by atoms with Crippen molar-refractivity contribution in [1.82, 2.24) is 24.9 Å². The van der Waals surface area contributed by atoms with Gasteiger partial charge in [-0.1, -0.05) is 72.3 Å². The molecule has 0 saturated carbocycles. The van der Waals surface area contributed by atoms with Gasteiger partial charge in [-0.3, -0.25) is 24.9 Å². The minimum Gasteiger partial charge on any atom is -0.264 e. The van der Waals surface area contributed by atoms with Crippen LogP contribution in [0.15, 0.2) is 183 Å². The van der Waals surface area contributed by atoms with Gasteiger partial charge in [-0.2, -0.15) is 0 Å². The Kier molecular flexibility index (Phi) is 12.8. The second kappa shape index (κ2) is 19.7. The Bertz CT molecular complexity index is 4200. The van der Waals surface area contributed by atoms with E-state index in [0.717, 1.165) is 5.52 Å². The van der Waals surface area contributed by atoms with Crippen molar-refractivity contribution in [2.24, 2.45) is 0 Å². The monoisotopic (exact) mass is 995 g/mol. The quantitative estimate of drug-likeness (QED) is 0.151. The van der Waals surface area contributed by atoms with Crippen molar-refractivity contribution in [1.29, 1.82) is 0 Å². The molecule has 70 heavy (non-hydrogen) atoms. The van der Waals surface area contributed by atoms with Crippen LogP contribution in [0.4, 0.5) is 0 Å². The number of rotatable bonds is 0. The predicted molar refractivity (Wildman–Crippen MR) is 309 cm³/mol. The topological polar surface area (TPSA) is 64.5 Å². The number of fused-ring (bicyclic) bond motifs is 15. The van der Waals surface area contributed by atoms with Crippen LogP contribution < -0.4 is 0 Å². The summed E-state index contributed by atoms with van der Waals surface area (Å²) in [5.74, 6) is 0. The summed E-state index contributed by atoms with van der Waals surface area (Å²) in [5.41, 5.74) is 7.77. The number of thiophene rings is 5. The molecule has 10 heterocycles. The lowest BCUT2D eigenvalue weighted by molar-refractivity contribution is 1.37. The van der Waals surface area contributed by atoms with Crippen LogP contribution in [0.3, 0.4) is 0 Å². The van der Waals surface area contributed by atoms with E-state index in [9.17, 15) is 0 Å². The van der Waals surface area contributed by atoms with E-state index in [1.54, 1.807) is 0 Å². The molecule has 15 rings (SSSR count). The molecule has 15 aromatic rings. The van der Waals surface area contributed by atoms with Gasteiger partial charge in [0.15, 0.2) is 0 Å². The van der Waals surface area contributed by atoms with Gasteiger partial charge in [0.2, 0.25) is 0 Å². The normalized spacial score (nSPS) is 11.2. The molecule has 10 heteroatoms. The third-order valence-electron chi connectivity index (χ3n) is 12.3. The van der Waals surface area contributed by atoms with Crippen LogP contribution in [-0.2, 0) is 0 Å². The van der Waals surface area contributed by atoms with Gasteiger partial charge in [0.05, 0.1) is 10.2 Å². The molecule has 5 nitrogen and oxygen atoms in total. The summed E-state index contributed by atoms with van der Waals surface area (Å²) in [6, 6.07) is 44.9. The van der Waals surface area contributed by atoms with Crippen LogP contribution in [0.25, 0.3) is 101 Å². The van der Waals surface area contributed by atoms with Crippen LogP contribution in [-0.4, -0.2) is 24.9 Å². The number of hydrogen-bond donors (Lipinski definition) is 0. The van der Waals surface area contributed by atoms with Crippen molar-refractivity contribution in [3.8, 4) is 0 Å². The summed E-state index contributed by atoms with van der Waals surface area (Å²) >= 11 is 9.18. The highest BCUT2D eigenvalue weighted by molar-refractivity contribution is 7.27. The zero-order chi connectivity index (χ0) is 47.7. The Labute approximate surface area is 425 Å². The first-order valence-electron chi connectivity index (χ1n) is 22.9. The Morgan fingerprint density at radius 1 is 0.300 bits per heavy atom. The van der Waals surface area contributed by atoms with E-state index in [-0.39, 0.29) is 0 Å². The van der Waals surface area contributed by atoms with E-state index in [2.05, 4.69) is 187 Å². The Morgan fingerprint density at radius 3 is 1.56 bits per heavy atom. The predicted octanol–water partition coefficient (Wildman–Crippen LogP) is 18.8. The molecule has 0 aliphatic rings. The van der Waals surface area contributed by atoms with Crippen LogP contribution >= 0.6 is 56.7 Å². The average molecular weight is 996 g/mol. The fraction of sp³-hybridized carbons (Fsp3) is 0.0833. The first kappa shape index (κ1) is 45.4. The first-order chi connectivity index (χ1) is 34.3. The van der Waals surface area contributed by atoms with Crippen molar-refractivity contribution in [3.05, 3.63) is 211 Å². The van der Waals surface area contributed by atoms with Crippen LogP contribution in [0.5, 0.6) is 0 Å². The summed E-state index contributed by atoms with van der Waals surface area (Å²) in [5, 5.41) is 11.7. The van der Waals surface area contributed by atoms with Gasteiger partial charge in [0, 0.05) is 147 Å². The number of pyridine rings is 5. The van der Waals surface area contributed by atoms with Crippen molar-refractivity contribution >= 4 is 158 Å². The van der Waals surface area contributed by atoms with Gasteiger partial charge < -0.3 is 0 Å². The van der Waals surface area contributed by atoms with Crippen molar-refractivity contribution in [2.45, 2.75) is 34.6 Å². The van der Waals surface area contributed by atoms with Crippen LogP contribution in [0.2, 0.25) is 0 Å². The molecule has 0 fully saturated rings. The maximum Gasteiger partial charge on any atom is 0.0891 e. The van der Waals surface area contributed by atoms with E-state index in [0.29, 0.717) is 0 Å². The number of hydrogen-bond acceptors (Lipinski definition) is 10. The molecular formula is C60H45N5S5. The molecular weight excluding hydrogens is 951 g/mol. The standard InChI is InChI=1S/5C12H9NS/c1-8-2-3-11-9(6-8)10-7-13-5-4-12(10)14-11;1-8-2-3-9-10-7-13-5-4-11(10)14-12(9)6-8;1-8-3-2-4-11-12(8)9-7-13-6-5-10(9)14-11;1-8-3-2-4-9-10-7-13-6-5-11(10)14-12(8)9;1-8-6-7-13-11-9-4-2-3-5-10(9)14-12(8)11/h5*2-7H,1H3. The minimum absolute atomic E-state index is 1.14. The molecule has 0 aliphatic carbocycles. The maximum atomic E-state index is 4.44. The molecule has 0 unspecified atom stereocenters. The Balaban J connectivity index is 0.0000000952. The SMILES string of the molecule is Cc1ccc2c(c1)sc1ccncc12.Cc1ccc2sc3ccncc3c2c1.Cc1cccc2c1sc1ccncc12.Cc1cccc2sc3ccncc3c12.Cc1ccnc2c1sc1ccccc12. The van der Waals surface area contributed by atoms with Crippen LogP contribution in [0, 0.1) is 34.6 Å². The largest absolute Gasteiger partial charge is 0.264 e. The lowest BCUT2D eigenvalue weighted by atomic mass is 10.1. The van der Waals surface area contributed by atoms with Crippen molar-refractivity contribution in [3.63, 3.8) is 0 Å². The molecule has 0 saturated heterocycles. The molecule has 0 atom stereocenters. The smallest absolute Gasteiger partial charge is 0.0891 e. The lowest BCUT2D eigenvalue weighted by Crippen LogP contribution is -1.75. The molecule has 0 spiro atoms. The highest BCUT2D eigenvalue weighted by Crippen LogP contribution is 2.38. The van der Waals surface area contributed by atoms with E-state index in [1.165, 1.54) is 123 Å². The van der Waals surface area contributed by atoms with Gasteiger partial charge in [0.1, 0.15) is 0 Å². The van der Waals surface area contributed by atoms with Gasteiger partial charge in [0.25, 0.3) is 0 Å². The summed E-state index contributed by atoms with van der Waals surface area (Å²) in [6.45, 7) is 10.7. The number of aryl methyl sites for hydroxylation is 5. The molecule has 0 aliphatic heterocycles. The number of aromatic nitrogens is 5. The van der Waals surface area contributed by atoms with Crippen LogP contribution in [0.1, 0.15) is 27.8 Å². The third-order valence-corrected chi connectivity index (χ3v) is 18.3. The molecule has 0 bridgehead atoms. The highest BCUT2D eigenvalue weighted by atomic mass is 32.1.